The van der Waals surface area contributed by atoms with Crippen LogP contribution in [0.3, 0.4) is 0 Å². The maximum Gasteiger partial charge on any atom is 0.227 e. The summed E-state index contributed by atoms with van der Waals surface area (Å²) in [5, 5.41) is 3.02. The van der Waals surface area contributed by atoms with E-state index in [4.69, 9.17) is 15.2 Å². The lowest BCUT2D eigenvalue weighted by atomic mass is 9.79. The first-order valence-electron chi connectivity index (χ1n) is 8.48. The molecule has 0 atom stereocenters. The van der Waals surface area contributed by atoms with Gasteiger partial charge >= 0.3 is 0 Å². The minimum Gasteiger partial charge on any atom is -0.492 e. The average Bonchev–Trinajstić information content (AvgIpc) is 2.60. The fraction of sp³-hybridized carbons (Fsp3) is 0.611. The molecule has 1 saturated heterocycles. The highest BCUT2D eigenvalue weighted by Crippen LogP contribution is 2.29. The van der Waals surface area contributed by atoms with Crippen LogP contribution in [0.4, 0.5) is 0 Å². The van der Waals surface area contributed by atoms with E-state index in [-0.39, 0.29) is 30.7 Å². The molecule has 1 fully saturated rings. The van der Waals surface area contributed by atoms with Gasteiger partial charge in [-0.1, -0.05) is 12.1 Å². The lowest BCUT2D eigenvalue weighted by molar-refractivity contribution is -0.136. The molecule has 3 N–H and O–H groups in total. The predicted molar refractivity (Wildman–Crippen MR) is 108 cm³/mol. The van der Waals surface area contributed by atoms with E-state index in [0.717, 1.165) is 17.9 Å². The molecule has 0 radical (unpaired) electrons. The molecule has 1 aliphatic heterocycles. The highest BCUT2D eigenvalue weighted by atomic mass is 35.5. The predicted octanol–water partition coefficient (Wildman–Crippen LogP) is 1.84. The fourth-order valence-corrected chi connectivity index (χ4v) is 2.75. The molecular formula is C18H31Cl2N3O3. The first kappa shape index (κ1) is 24.9. The van der Waals surface area contributed by atoms with Crippen LogP contribution in [0.5, 0.6) is 5.75 Å². The summed E-state index contributed by atoms with van der Waals surface area (Å²) in [6, 6.07) is 7.83. The monoisotopic (exact) mass is 407 g/mol. The number of hydrogen-bond acceptors (Lipinski definition) is 5. The van der Waals surface area contributed by atoms with Crippen molar-refractivity contribution in [3.8, 4) is 5.75 Å². The van der Waals surface area contributed by atoms with Gasteiger partial charge in [-0.15, -0.1) is 24.8 Å². The van der Waals surface area contributed by atoms with Crippen LogP contribution in [0.25, 0.3) is 0 Å². The molecule has 0 aliphatic carbocycles. The van der Waals surface area contributed by atoms with Gasteiger partial charge < -0.3 is 25.4 Å². The van der Waals surface area contributed by atoms with Gasteiger partial charge in [-0.2, -0.15) is 0 Å². The molecule has 0 bridgehead atoms. The first-order valence-corrected chi connectivity index (χ1v) is 8.48. The second-order valence-corrected chi connectivity index (χ2v) is 6.58. The van der Waals surface area contributed by atoms with Gasteiger partial charge in [-0.05, 0) is 44.6 Å². The first-order chi connectivity index (χ1) is 11.6. The zero-order valence-electron chi connectivity index (χ0n) is 15.5. The van der Waals surface area contributed by atoms with Gasteiger partial charge in [0.05, 0.1) is 5.41 Å². The molecule has 1 aromatic rings. The smallest absolute Gasteiger partial charge is 0.227 e. The van der Waals surface area contributed by atoms with Gasteiger partial charge in [-0.3, -0.25) is 4.79 Å². The molecule has 0 aromatic heterocycles. The van der Waals surface area contributed by atoms with Gasteiger partial charge in [0.15, 0.2) is 0 Å². The highest BCUT2D eigenvalue weighted by molar-refractivity contribution is 5.85. The number of carbonyl (C=O) groups excluding carboxylic acids is 1. The molecule has 0 unspecified atom stereocenters. The number of rotatable bonds is 8. The molecule has 0 spiro atoms. The maximum absolute atomic E-state index is 12.6. The third-order valence-corrected chi connectivity index (χ3v) is 4.48. The number of benzene rings is 1. The summed E-state index contributed by atoms with van der Waals surface area (Å²) in [5.74, 6) is 0.843. The standard InChI is InChI=1S/C18H29N3O3.2ClH/c1-21(2)8-11-24-16-5-3-4-15(12-16)13-20-17(22)18(14-19)6-9-23-10-7-18;;/h3-5,12H,6-11,13-14,19H2,1-2H3,(H,20,22);2*1H. The zero-order valence-corrected chi connectivity index (χ0v) is 17.2. The van der Waals surface area contributed by atoms with Crippen molar-refractivity contribution < 1.29 is 14.3 Å². The Morgan fingerprint density at radius 2 is 2.00 bits per heavy atom. The van der Waals surface area contributed by atoms with Crippen molar-refractivity contribution in [2.45, 2.75) is 19.4 Å². The van der Waals surface area contributed by atoms with Gasteiger partial charge in [0.1, 0.15) is 12.4 Å². The molecular weight excluding hydrogens is 377 g/mol. The topological polar surface area (TPSA) is 76.8 Å². The minimum absolute atomic E-state index is 0. The van der Waals surface area contributed by atoms with Crippen molar-refractivity contribution in [1.82, 2.24) is 10.2 Å². The van der Waals surface area contributed by atoms with E-state index >= 15 is 0 Å². The third kappa shape index (κ3) is 7.29. The number of amides is 1. The van der Waals surface area contributed by atoms with E-state index in [1.807, 2.05) is 38.4 Å². The number of halogens is 2. The molecule has 6 nitrogen and oxygen atoms in total. The molecule has 8 heteroatoms. The average molecular weight is 408 g/mol. The minimum atomic E-state index is -0.488. The second-order valence-electron chi connectivity index (χ2n) is 6.58. The molecule has 1 heterocycles. The van der Waals surface area contributed by atoms with Crippen LogP contribution in [-0.2, 0) is 16.1 Å². The van der Waals surface area contributed by atoms with Crippen LogP contribution in [0.2, 0.25) is 0 Å². The SMILES string of the molecule is CN(C)CCOc1cccc(CNC(=O)C2(CN)CCOCC2)c1.Cl.Cl. The van der Waals surface area contributed by atoms with Crippen molar-refractivity contribution in [3.05, 3.63) is 29.8 Å². The van der Waals surface area contributed by atoms with Crippen LogP contribution in [0, 0.1) is 5.41 Å². The Balaban J connectivity index is 0.00000312. The molecule has 1 amide bonds. The van der Waals surface area contributed by atoms with Crippen molar-refractivity contribution in [3.63, 3.8) is 0 Å². The van der Waals surface area contributed by atoms with Crippen molar-refractivity contribution in [2.75, 3.05) is 47.0 Å². The summed E-state index contributed by atoms with van der Waals surface area (Å²) < 4.78 is 11.1. The third-order valence-electron chi connectivity index (χ3n) is 4.48. The van der Waals surface area contributed by atoms with E-state index < -0.39 is 5.41 Å². The van der Waals surface area contributed by atoms with E-state index in [1.54, 1.807) is 0 Å². The lowest BCUT2D eigenvalue weighted by Gasteiger charge is -2.34. The van der Waals surface area contributed by atoms with Gasteiger partial charge in [0.2, 0.25) is 5.91 Å². The second kappa shape index (κ2) is 12.4. The Morgan fingerprint density at radius 3 is 2.62 bits per heavy atom. The Labute approximate surface area is 168 Å². The number of carbonyl (C=O) groups is 1. The maximum atomic E-state index is 12.6. The summed E-state index contributed by atoms with van der Waals surface area (Å²) in [4.78, 5) is 14.6. The molecule has 26 heavy (non-hydrogen) atoms. The Hall–Kier alpha value is -1.05. The largest absolute Gasteiger partial charge is 0.492 e. The van der Waals surface area contributed by atoms with E-state index in [0.29, 0.717) is 45.8 Å². The molecule has 0 saturated carbocycles. The Kier molecular flexibility index (Phi) is 11.9. The molecule has 1 aliphatic rings. The van der Waals surface area contributed by atoms with Crippen LogP contribution in [0.15, 0.2) is 24.3 Å². The normalized spacial score (nSPS) is 15.5. The molecule has 1 aromatic carbocycles. The van der Waals surface area contributed by atoms with Crippen LogP contribution in [0.1, 0.15) is 18.4 Å². The van der Waals surface area contributed by atoms with E-state index in [9.17, 15) is 4.79 Å². The quantitative estimate of drug-likeness (QED) is 0.687. The van der Waals surface area contributed by atoms with Gasteiger partial charge in [-0.25, -0.2) is 0 Å². The van der Waals surface area contributed by atoms with Gasteiger partial charge in [0.25, 0.3) is 0 Å². The molecule has 2 rings (SSSR count). The number of hydrogen-bond donors (Lipinski definition) is 2. The number of nitrogens with zero attached hydrogens (tertiary/aromatic N) is 1. The highest BCUT2D eigenvalue weighted by Gasteiger charge is 2.38. The van der Waals surface area contributed by atoms with Gasteiger partial charge in [0, 0.05) is 32.8 Å². The van der Waals surface area contributed by atoms with Crippen molar-refractivity contribution in [2.24, 2.45) is 11.1 Å². The molecule has 150 valence electrons. The van der Waals surface area contributed by atoms with E-state index in [2.05, 4.69) is 10.2 Å². The Morgan fingerprint density at radius 1 is 1.31 bits per heavy atom. The van der Waals surface area contributed by atoms with Crippen LogP contribution >= 0.6 is 24.8 Å². The zero-order chi connectivity index (χ0) is 17.4. The number of likely N-dealkylation sites (N-methyl/N-ethyl adjacent to an activating group) is 1. The Bertz CT molecular complexity index is 538. The van der Waals surface area contributed by atoms with Crippen LogP contribution < -0.4 is 15.8 Å². The van der Waals surface area contributed by atoms with E-state index in [1.165, 1.54) is 0 Å². The van der Waals surface area contributed by atoms with Crippen molar-refractivity contribution >= 4 is 30.7 Å². The lowest BCUT2D eigenvalue weighted by Crippen LogP contribution is -2.48. The summed E-state index contributed by atoms with van der Waals surface area (Å²) in [6.45, 7) is 3.53. The summed E-state index contributed by atoms with van der Waals surface area (Å²) in [6.07, 6.45) is 1.37. The fourth-order valence-electron chi connectivity index (χ4n) is 2.75. The number of nitrogens with one attached hydrogen (secondary N) is 1. The van der Waals surface area contributed by atoms with Crippen molar-refractivity contribution in [1.29, 1.82) is 0 Å². The number of nitrogens with two attached hydrogens (primary N) is 1. The summed E-state index contributed by atoms with van der Waals surface area (Å²) in [5.41, 5.74) is 6.40. The number of ether oxygens (including phenoxy) is 2. The summed E-state index contributed by atoms with van der Waals surface area (Å²) in [7, 11) is 4.03. The summed E-state index contributed by atoms with van der Waals surface area (Å²) >= 11 is 0. The van der Waals surface area contributed by atoms with Crippen LogP contribution in [-0.4, -0.2) is 57.8 Å².